The monoisotopic (exact) mass is 377 g/mol. The number of aliphatic hydroxyl groups is 1. The lowest BCUT2D eigenvalue weighted by atomic mass is 9.77. The maximum atomic E-state index is 12.3. The van der Waals surface area contributed by atoms with E-state index in [9.17, 15) is 5.11 Å². The van der Waals surface area contributed by atoms with Crippen LogP contribution in [0.4, 0.5) is 0 Å². The van der Waals surface area contributed by atoms with Crippen LogP contribution in [0.1, 0.15) is 22.7 Å². The van der Waals surface area contributed by atoms with Crippen molar-refractivity contribution in [1.82, 2.24) is 14.9 Å². The van der Waals surface area contributed by atoms with Crippen LogP contribution in [-0.2, 0) is 5.60 Å². The van der Waals surface area contributed by atoms with E-state index in [2.05, 4.69) is 27.0 Å². The summed E-state index contributed by atoms with van der Waals surface area (Å²) < 4.78 is 0. The first-order chi connectivity index (χ1) is 13.3. The number of rotatable bonds is 5. The lowest BCUT2D eigenvalue weighted by Crippen LogP contribution is -2.48. The first-order valence-electron chi connectivity index (χ1n) is 9.20. The zero-order chi connectivity index (χ0) is 18.5. The molecule has 1 atom stereocenters. The normalized spacial score (nSPS) is 16.8. The summed E-state index contributed by atoms with van der Waals surface area (Å²) in [6.45, 7) is 1.88. The molecule has 1 aliphatic rings. The number of pyridine rings is 2. The number of benzene rings is 1. The van der Waals surface area contributed by atoms with Crippen LogP contribution >= 0.6 is 11.8 Å². The van der Waals surface area contributed by atoms with Crippen molar-refractivity contribution in [3.05, 3.63) is 96.1 Å². The molecule has 0 bridgehead atoms. The van der Waals surface area contributed by atoms with Gasteiger partial charge in [0.1, 0.15) is 5.60 Å². The van der Waals surface area contributed by atoms with E-state index in [-0.39, 0.29) is 6.04 Å². The molecule has 138 valence electrons. The van der Waals surface area contributed by atoms with Crippen LogP contribution in [0.5, 0.6) is 0 Å². The van der Waals surface area contributed by atoms with Crippen molar-refractivity contribution < 1.29 is 5.11 Å². The van der Waals surface area contributed by atoms with E-state index >= 15 is 0 Å². The minimum absolute atomic E-state index is 0.215. The van der Waals surface area contributed by atoms with Gasteiger partial charge in [0.05, 0.1) is 6.04 Å². The quantitative estimate of drug-likeness (QED) is 0.737. The van der Waals surface area contributed by atoms with Gasteiger partial charge in [-0.15, -0.1) is 0 Å². The van der Waals surface area contributed by atoms with Crippen molar-refractivity contribution in [3.8, 4) is 0 Å². The van der Waals surface area contributed by atoms with Crippen molar-refractivity contribution in [3.63, 3.8) is 0 Å². The van der Waals surface area contributed by atoms with Crippen LogP contribution in [-0.4, -0.2) is 44.6 Å². The third-order valence-electron chi connectivity index (χ3n) is 5.13. The Morgan fingerprint density at radius 1 is 0.852 bits per heavy atom. The van der Waals surface area contributed by atoms with Gasteiger partial charge in [0, 0.05) is 60.5 Å². The number of aromatic nitrogens is 2. The molecule has 0 saturated carbocycles. The molecule has 3 heterocycles. The highest BCUT2D eigenvalue weighted by atomic mass is 32.2. The molecule has 5 heteroatoms. The Bertz CT molecular complexity index is 800. The molecule has 1 saturated heterocycles. The van der Waals surface area contributed by atoms with Crippen molar-refractivity contribution in [2.45, 2.75) is 11.6 Å². The Balaban J connectivity index is 1.91. The smallest absolute Gasteiger partial charge is 0.137 e. The van der Waals surface area contributed by atoms with Gasteiger partial charge in [-0.25, -0.2) is 0 Å². The lowest BCUT2D eigenvalue weighted by molar-refractivity contribution is -0.0204. The van der Waals surface area contributed by atoms with Gasteiger partial charge in [-0.2, -0.15) is 11.8 Å². The fourth-order valence-electron chi connectivity index (χ4n) is 3.85. The summed E-state index contributed by atoms with van der Waals surface area (Å²) in [5.41, 5.74) is 1.42. The second kappa shape index (κ2) is 8.21. The van der Waals surface area contributed by atoms with Crippen molar-refractivity contribution in [1.29, 1.82) is 0 Å². The number of thioether (sulfide) groups is 1. The van der Waals surface area contributed by atoms with E-state index in [0.29, 0.717) is 0 Å². The Kier molecular flexibility index (Phi) is 5.53. The summed E-state index contributed by atoms with van der Waals surface area (Å²) in [6, 6.07) is 17.7. The second-order valence-corrected chi connectivity index (χ2v) is 7.94. The minimum atomic E-state index is -1.24. The number of hydrogen-bond donors (Lipinski definition) is 1. The minimum Gasteiger partial charge on any atom is -0.378 e. The fraction of sp³-hybridized carbons (Fsp3) is 0.273. The van der Waals surface area contributed by atoms with E-state index < -0.39 is 5.60 Å². The summed E-state index contributed by atoms with van der Waals surface area (Å²) in [5.74, 6) is 2.14. The molecule has 1 aromatic carbocycles. The van der Waals surface area contributed by atoms with Gasteiger partial charge >= 0.3 is 0 Å². The van der Waals surface area contributed by atoms with Gasteiger partial charge in [0.25, 0.3) is 0 Å². The molecule has 4 rings (SSSR count). The van der Waals surface area contributed by atoms with Gasteiger partial charge in [-0.3, -0.25) is 14.9 Å². The molecule has 0 aliphatic carbocycles. The van der Waals surface area contributed by atoms with E-state index in [0.717, 1.165) is 41.3 Å². The summed E-state index contributed by atoms with van der Waals surface area (Å²) in [4.78, 5) is 11.0. The van der Waals surface area contributed by atoms with Crippen molar-refractivity contribution >= 4 is 11.8 Å². The van der Waals surface area contributed by atoms with Gasteiger partial charge in [0.15, 0.2) is 0 Å². The maximum Gasteiger partial charge on any atom is 0.137 e. The Labute approximate surface area is 164 Å². The van der Waals surface area contributed by atoms with E-state index in [1.165, 1.54) is 0 Å². The van der Waals surface area contributed by atoms with Gasteiger partial charge < -0.3 is 5.11 Å². The molecule has 0 spiro atoms. The molecule has 3 aromatic rings. The van der Waals surface area contributed by atoms with Gasteiger partial charge in [-0.1, -0.05) is 42.5 Å². The molecular formula is C22H23N3OS. The first-order valence-corrected chi connectivity index (χ1v) is 10.4. The average molecular weight is 378 g/mol. The SMILES string of the molecule is OC(c1cccnc1)(c1cccnc1)C(c1ccccc1)N1CCSCC1. The Morgan fingerprint density at radius 3 is 1.96 bits per heavy atom. The highest BCUT2D eigenvalue weighted by molar-refractivity contribution is 7.99. The lowest BCUT2D eigenvalue weighted by Gasteiger charge is -2.45. The number of hydrogen-bond acceptors (Lipinski definition) is 5. The fourth-order valence-corrected chi connectivity index (χ4v) is 4.78. The third kappa shape index (κ3) is 3.63. The average Bonchev–Trinajstić information content (AvgIpc) is 2.76. The molecule has 4 nitrogen and oxygen atoms in total. The van der Waals surface area contributed by atoms with Gasteiger partial charge in [0.2, 0.25) is 0 Å². The summed E-state index contributed by atoms with van der Waals surface area (Å²) in [7, 11) is 0. The molecule has 2 aromatic heterocycles. The molecule has 1 N–H and O–H groups in total. The van der Waals surface area contributed by atoms with Crippen LogP contribution in [0, 0.1) is 0 Å². The summed E-state index contributed by atoms with van der Waals surface area (Å²) in [6.07, 6.45) is 7.01. The first kappa shape index (κ1) is 18.2. The third-order valence-corrected chi connectivity index (χ3v) is 6.07. The zero-order valence-corrected chi connectivity index (χ0v) is 15.9. The Hall–Kier alpha value is -2.21. The van der Waals surface area contributed by atoms with Crippen LogP contribution in [0.3, 0.4) is 0 Å². The van der Waals surface area contributed by atoms with Crippen LogP contribution in [0.15, 0.2) is 79.4 Å². The maximum absolute atomic E-state index is 12.3. The number of nitrogens with zero attached hydrogens (tertiary/aromatic N) is 3. The van der Waals surface area contributed by atoms with Crippen LogP contribution < -0.4 is 0 Å². The van der Waals surface area contributed by atoms with E-state index in [1.807, 2.05) is 54.2 Å². The molecular weight excluding hydrogens is 354 g/mol. The topological polar surface area (TPSA) is 49.3 Å². The predicted octanol–water partition coefficient (Wildman–Crippen LogP) is 3.50. The molecule has 27 heavy (non-hydrogen) atoms. The predicted molar refractivity (Wildman–Crippen MR) is 110 cm³/mol. The highest BCUT2D eigenvalue weighted by Crippen LogP contribution is 2.44. The standard InChI is InChI=1S/C22H23N3OS/c26-22(19-8-4-10-23-16-19,20-9-5-11-24-17-20)21(18-6-2-1-3-7-18)25-12-14-27-15-13-25/h1-11,16-17,21,26H,12-15H2. The Morgan fingerprint density at radius 2 is 1.44 bits per heavy atom. The largest absolute Gasteiger partial charge is 0.378 e. The molecule has 1 aliphatic heterocycles. The van der Waals surface area contributed by atoms with Crippen molar-refractivity contribution in [2.75, 3.05) is 24.6 Å². The molecule has 0 amide bonds. The second-order valence-electron chi connectivity index (χ2n) is 6.71. The molecule has 1 fully saturated rings. The van der Waals surface area contributed by atoms with E-state index in [4.69, 9.17) is 0 Å². The van der Waals surface area contributed by atoms with Crippen LogP contribution in [0.2, 0.25) is 0 Å². The van der Waals surface area contributed by atoms with Crippen molar-refractivity contribution in [2.24, 2.45) is 0 Å². The summed E-state index contributed by atoms with van der Waals surface area (Å²) in [5, 5.41) is 12.3. The van der Waals surface area contributed by atoms with E-state index in [1.54, 1.807) is 24.8 Å². The molecule has 0 radical (unpaired) electrons. The molecule has 1 unspecified atom stereocenters. The van der Waals surface area contributed by atoms with Gasteiger partial charge in [-0.05, 0) is 17.7 Å². The highest BCUT2D eigenvalue weighted by Gasteiger charge is 2.45. The summed E-state index contributed by atoms with van der Waals surface area (Å²) >= 11 is 1.97. The zero-order valence-electron chi connectivity index (χ0n) is 15.1. The van der Waals surface area contributed by atoms with Crippen LogP contribution in [0.25, 0.3) is 0 Å².